The molecule has 1 saturated heterocycles. The molecule has 2 heterocycles. The summed E-state index contributed by atoms with van der Waals surface area (Å²) in [5.41, 5.74) is 0.371. The van der Waals surface area contributed by atoms with Gasteiger partial charge in [-0.3, -0.25) is 4.79 Å². The number of halogens is 3. The third kappa shape index (κ3) is 4.93. The molecule has 1 aromatic carbocycles. The predicted molar refractivity (Wildman–Crippen MR) is 119 cm³/mol. The molecule has 184 valence electrons. The number of nitrogens with one attached hydrogen (secondary N) is 1. The average molecular weight is 469 g/mol. The number of alkyl halides is 3. The number of benzene rings is 1. The van der Waals surface area contributed by atoms with Crippen LogP contribution in [0.1, 0.15) is 56.2 Å². The Morgan fingerprint density at radius 2 is 2.06 bits per heavy atom. The molecule has 5 nitrogen and oxygen atoms in total. The summed E-state index contributed by atoms with van der Waals surface area (Å²) < 4.78 is 50.7. The van der Waals surface area contributed by atoms with Crippen LogP contribution < -0.4 is 5.32 Å². The zero-order chi connectivity index (χ0) is 23.8. The van der Waals surface area contributed by atoms with Crippen molar-refractivity contribution >= 4 is 5.91 Å². The lowest BCUT2D eigenvalue weighted by Gasteiger charge is -2.40. The van der Waals surface area contributed by atoms with Gasteiger partial charge in [0.1, 0.15) is 0 Å². The normalized spacial score (nSPS) is 30.5. The van der Waals surface area contributed by atoms with Crippen molar-refractivity contribution in [2.24, 2.45) is 11.3 Å². The Kier molecular flexibility index (Phi) is 7.08. The molecule has 4 rings (SSSR count). The lowest BCUT2D eigenvalue weighted by atomic mass is 9.73. The highest BCUT2D eigenvalue weighted by molar-refractivity contribution is 5.84. The van der Waals surface area contributed by atoms with Gasteiger partial charge in [-0.25, -0.2) is 0 Å². The molecule has 3 aliphatic rings. The summed E-state index contributed by atoms with van der Waals surface area (Å²) in [5.74, 6) is 0.229. The van der Waals surface area contributed by atoms with Gasteiger partial charge >= 0.3 is 6.18 Å². The van der Waals surface area contributed by atoms with Crippen LogP contribution in [-0.4, -0.2) is 55.9 Å². The zero-order valence-corrected chi connectivity index (χ0v) is 19.7. The van der Waals surface area contributed by atoms with E-state index in [1.165, 1.54) is 6.07 Å². The number of nitrogens with zero attached hydrogens (tertiary/aromatic N) is 1. The number of rotatable bonds is 5. The highest BCUT2D eigenvalue weighted by atomic mass is 19.4. The Hall–Kier alpha value is -1.64. The molecular formula is C25H35F3N2O3. The quantitative estimate of drug-likeness (QED) is 0.705. The van der Waals surface area contributed by atoms with Crippen molar-refractivity contribution in [2.75, 3.05) is 26.9 Å². The molecule has 2 aliphatic heterocycles. The topological polar surface area (TPSA) is 50.8 Å². The molecule has 33 heavy (non-hydrogen) atoms. The summed E-state index contributed by atoms with van der Waals surface area (Å²) in [5, 5.41) is 3.73. The van der Waals surface area contributed by atoms with E-state index in [1.807, 2.05) is 0 Å². The second-order valence-electron chi connectivity index (χ2n) is 10.1. The zero-order valence-electron chi connectivity index (χ0n) is 19.7. The van der Waals surface area contributed by atoms with E-state index in [0.717, 1.165) is 37.3 Å². The van der Waals surface area contributed by atoms with Crippen LogP contribution in [-0.2, 0) is 33.4 Å². The third-order valence-electron chi connectivity index (χ3n) is 7.97. The summed E-state index contributed by atoms with van der Waals surface area (Å²) >= 11 is 0. The van der Waals surface area contributed by atoms with Crippen LogP contribution in [0.25, 0.3) is 0 Å². The first-order valence-electron chi connectivity index (χ1n) is 12.0. The number of carbonyl (C=O) groups excluding carboxylic acids is 1. The second kappa shape index (κ2) is 9.55. The van der Waals surface area contributed by atoms with E-state index in [9.17, 15) is 18.0 Å². The van der Waals surface area contributed by atoms with E-state index < -0.39 is 17.2 Å². The minimum atomic E-state index is -4.38. The van der Waals surface area contributed by atoms with E-state index >= 15 is 0 Å². The molecule has 1 aromatic rings. The van der Waals surface area contributed by atoms with Crippen molar-refractivity contribution in [1.29, 1.82) is 0 Å². The minimum absolute atomic E-state index is 0.00456. The van der Waals surface area contributed by atoms with Crippen LogP contribution in [0.3, 0.4) is 0 Å². The highest BCUT2D eigenvalue weighted by Crippen LogP contribution is 2.47. The van der Waals surface area contributed by atoms with Gasteiger partial charge in [0.2, 0.25) is 5.91 Å². The number of hydrogen-bond acceptors (Lipinski definition) is 4. The number of fused-ring (bicyclic) bond motifs is 1. The van der Waals surface area contributed by atoms with Crippen molar-refractivity contribution < 1.29 is 27.4 Å². The average Bonchev–Trinajstić information content (AvgIpc) is 3.23. The van der Waals surface area contributed by atoms with Crippen LogP contribution in [0.4, 0.5) is 13.2 Å². The van der Waals surface area contributed by atoms with E-state index in [1.54, 1.807) is 18.1 Å². The molecule has 1 N–H and O–H groups in total. The number of methoxy groups -OCH3 is 1. The molecule has 0 radical (unpaired) electrons. The third-order valence-corrected chi connectivity index (χ3v) is 7.97. The summed E-state index contributed by atoms with van der Waals surface area (Å²) in [4.78, 5) is 15.6. The molecule has 1 amide bonds. The van der Waals surface area contributed by atoms with Gasteiger partial charge in [-0.05, 0) is 61.3 Å². The molecule has 4 atom stereocenters. The molecule has 1 saturated carbocycles. The van der Waals surface area contributed by atoms with Gasteiger partial charge in [0.15, 0.2) is 0 Å². The molecule has 2 unspecified atom stereocenters. The van der Waals surface area contributed by atoms with Gasteiger partial charge in [0.05, 0.1) is 23.7 Å². The molecule has 0 bridgehead atoms. The van der Waals surface area contributed by atoms with Crippen molar-refractivity contribution in [2.45, 2.75) is 76.9 Å². The maximum absolute atomic E-state index is 13.8. The molecule has 1 aliphatic carbocycles. The summed E-state index contributed by atoms with van der Waals surface area (Å²) in [7, 11) is 1.70. The highest BCUT2D eigenvalue weighted by Gasteiger charge is 2.50. The summed E-state index contributed by atoms with van der Waals surface area (Å²) in [6, 6.07) is 4.34. The lowest BCUT2D eigenvalue weighted by Crippen LogP contribution is -2.52. The van der Waals surface area contributed by atoms with Crippen LogP contribution in [0.15, 0.2) is 18.2 Å². The standard InChI is InChI=1S/C25H35F3N2O3/c1-16(2)24(9-6-20(13-24)29-21-8-11-33-15-22(21)32-3)23(31)30-10-7-17-4-5-19(25(26,27)28)12-18(17)14-30/h4-5,12,16,20-22,29H,6-11,13-15H2,1-3H3/t20-,21?,22?,24+/m1/s1. The van der Waals surface area contributed by atoms with Crippen LogP contribution >= 0.6 is 0 Å². The molecule has 8 heteroatoms. The Balaban J connectivity index is 1.48. The van der Waals surface area contributed by atoms with Crippen LogP contribution in [0.2, 0.25) is 0 Å². The fourth-order valence-electron chi connectivity index (χ4n) is 5.84. The predicted octanol–water partition coefficient (Wildman–Crippen LogP) is 4.18. The van der Waals surface area contributed by atoms with Gasteiger partial charge in [0, 0.05) is 38.9 Å². The Bertz CT molecular complexity index is 860. The van der Waals surface area contributed by atoms with Crippen LogP contribution in [0.5, 0.6) is 0 Å². The lowest BCUT2D eigenvalue weighted by molar-refractivity contribution is -0.146. The van der Waals surface area contributed by atoms with E-state index in [4.69, 9.17) is 9.47 Å². The largest absolute Gasteiger partial charge is 0.416 e. The monoisotopic (exact) mass is 468 g/mol. The maximum atomic E-state index is 13.8. The molecule has 0 spiro atoms. The fourth-order valence-corrected chi connectivity index (χ4v) is 5.84. The van der Waals surface area contributed by atoms with E-state index in [-0.39, 0.29) is 36.6 Å². The Morgan fingerprint density at radius 1 is 1.27 bits per heavy atom. The van der Waals surface area contributed by atoms with E-state index in [2.05, 4.69) is 19.2 Å². The van der Waals surface area contributed by atoms with Crippen LogP contribution in [0, 0.1) is 11.3 Å². The molecular weight excluding hydrogens is 433 g/mol. The van der Waals surface area contributed by atoms with Gasteiger partial charge in [-0.15, -0.1) is 0 Å². The summed E-state index contributed by atoms with van der Waals surface area (Å²) in [6.45, 7) is 6.25. The van der Waals surface area contributed by atoms with E-state index in [0.29, 0.717) is 31.7 Å². The summed E-state index contributed by atoms with van der Waals surface area (Å²) in [6.07, 6.45) is -0.480. The van der Waals surface area contributed by atoms with Gasteiger partial charge in [-0.1, -0.05) is 19.9 Å². The minimum Gasteiger partial charge on any atom is -0.379 e. The molecule has 2 fully saturated rings. The van der Waals surface area contributed by atoms with Crippen molar-refractivity contribution in [3.8, 4) is 0 Å². The second-order valence-corrected chi connectivity index (χ2v) is 10.1. The Labute approximate surface area is 194 Å². The van der Waals surface area contributed by atoms with Gasteiger partial charge in [0.25, 0.3) is 0 Å². The number of ether oxygens (including phenoxy) is 2. The SMILES string of the molecule is COC1COCCC1N[C@@H]1CC[C@@](C(=O)N2CCc3ccc(C(F)(F)F)cc3C2)(C(C)C)C1. The molecule has 0 aromatic heterocycles. The number of hydrogen-bond donors (Lipinski definition) is 1. The smallest absolute Gasteiger partial charge is 0.379 e. The first-order chi connectivity index (χ1) is 15.6. The number of amides is 1. The van der Waals surface area contributed by atoms with Gasteiger partial charge < -0.3 is 19.7 Å². The number of carbonyl (C=O) groups is 1. The van der Waals surface area contributed by atoms with Crippen molar-refractivity contribution in [1.82, 2.24) is 10.2 Å². The van der Waals surface area contributed by atoms with Gasteiger partial charge in [-0.2, -0.15) is 13.2 Å². The van der Waals surface area contributed by atoms with Crippen molar-refractivity contribution in [3.05, 3.63) is 34.9 Å². The first-order valence-corrected chi connectivity index (χ1v) is 12.0. The maximum Gasteiger partial charge on any atom is 0.416 e. The fraction of sp³-hybridized carbons (Fsp3) is 0.720. The Morgan fingerprint density at radius 3 is 2.76 bits per heavy atom. The van der Waals surface area contributed by atoms with Crippen molar-refractivity contribution in [3.63, 3.8) is 0 Å². The first kappa shape index (κ1) is 24.5.